The molecule has 0 radical (unpaired) electrons. The monoisotopic (exact) mass is 443 g/mol. The van der Waals surface area contributed by atoms with E-state index >= 15 is 0 Å². The molecule has 1 atom stereocenters. The summed E-state index contributed by atoms with van der Waals surface area (Å²) in [5, 5.41) is 3.22. The van der Waals surface area contributed by atoms with Crippen molar-refractivity contribution in [3.8, 4) is 0 Å². The number of carbonyl (C=O) groups excluding carboxylic acids is 1. The normalized spacial score (nSPS) is 20.5. The van der Waals surface area contributed by atoms with Crippen molar-refractivity contribution in [3.05, 3.63) is 89.5 Å². The zero-order valence-electron chi connectivity index (χ0n) is 19.4. The zero-order chi connectivity index (χ0) is 22.6. The molecule has 172 valence electrons. The highest BCUT2D eigenvalue weighted by atomic mass is 16.2. The van der Waals surface area contributed by atoms with E-state index in [-0.39, 0.29) is 18.1 Å². The van der Waals surface area contributed by atoms with Gasteiger partial charge in [-0.25, -0.2) is 9.78 Å². The molecule has 0 aliphatic carbocycles. The molecule has 1 unspecified atom stereocenters. The lowest BCUT2D eigenvalue weighted by Gasteiger charge is -2.43. The lowest BCUT2D eigenvalue weighted by molar-refractivity contribution is 0.101. The van der Waals surface area contributed by atoms with E-state index in [1.807, 2.05) is 24.0 Å². The molecule has 0 bridgehead atoms. The number of aromatic nitrogens is 2. The van der Waals surface area contributed by atoms with E-state index < -0.39 is 0 Å². The van der Waals surface area contributed by atoms with Crippen LogP contribution in [-0.4, -0.2) is 51.1 Å². The minimum Gasteiger partial charge on any atom is -0.340 e. The maximum absolute atomic E-state index is 13.6. The fourth-order valence-corrected chi connectivity index (χ4v) is 5.35. The first kappa shape index (κ1) is 21.7. The van der Waals surface area contributed by atoms with Gasteiger partial charge in [-0.1, -0.05) is 54.6 Å². The van der Waals surface area contributed by atoms with Gasteiger partial charge in [0.25, 0.3) is 0 Å². The molecule has 1 fully saturated rings. The van der Waals surface area contributed by atoms with Gasteiger partial charge in [0, 0.05) is 45.5 Å². The summed E-state index contributed by atoms with van der Waals surface area (Å²) in [5.74, 6) is 0. The van der Waals surface area contributed by atoms with Gasteiger partial charge in [-0.3, -0.25) is 4.90 Å². The molecule has 2 aliphatic heterocycles. The number of piperidine rings is 1. The molecule has 2 amide bonds. The number of urea groups is 1. The molecule has 5 rings (SSSR count). The third kappa shape index (κ3) is 4.81. The molecule has 6 nitrogen and oxygen atoms in total. The van der Waals surface area contributed by atoms with Crippen LogP contribution in [0.15, 0.2) is 67.1 Å². The Morgan fingerprint density at radius 2 is 1.79 bits per heavy atom. The molecule has 1 saturated heterocycles. The van der Waals surface area contributed by atoms with E-state index in [2.05, 4.69) is 74.8 Å². The minimum absolute atomic E-state index is 0.0590. The van der Waals surface area contributed by atoms with Crippen LogP contribution in [0.2, 0.25) is 0 Å². The van der Waals surface area contributed by atoms with Crippen LogP contribution in [0.1, 0.15) is 47.7 Å². The fraction of sp³-hybridized carbons (Fsp3) is 0.407. The second-order valence-corrected chi connectivity index (χ2v) is 9.29. The molecule has 1 N–H and O–H groups in total. The summed E-state index contributed by atoms with van der Waals surface area (Å²) in [6.07, 6.45) is 7.81. The standard InChI is InChI=1S/C27H33N5O/c1-30-18-23(29-20-30)19-31-16-13-24(14-17-31)32-26(22-9-3-2-4-10-22)25-12-6-5-8-21(25)11-7-15-28-27(32)33/h2-6,8-10,12,18,20,24,26H,7,11,13-17,19H2,1H3,(H,28,33). The Morgan fingerprint density at radius 3 is 2.55 bits per heavy atom. The molecule has 0 spiro atoms. The van der Waals surface area contributed by atoms with E-state index in [1.165, 1.54) is 16.7 Å². The molecule has 3 heterocycles. The average molecular weight is 444 g/mol. The van der Waals surface area contributed by atoms with E-state index in [0.717, 1.165) is 51.0 Å². The summed E-state index contributed by atoms with van der Waals surface area (Å²) in [5.41, 5.74) is 4.89. The van der Waals surface area contributed by atoms with Crippen molar-refractivity contribution in [1.29, 1.82) is 0 Å². The third-order valence-corrected chi connectivity index (χ3v) is 6.97. The van der Waals surface area contributed by atoms with Crippen LogP contribution in [0.3, 0.4) is 0 Å². The number of amides is 2. The Hall–Kier alpha value is -3.12. The Balaban J connectivity index is 1.44. The van der Waals surface area contributed by atoms with Gasteiger partial charge in [0.05, 0.1) is 18.1 Å². The average Bonchev–Trinajstić information content (AvgIpc) is 3.28. The SMILES string of the molecule is Cn1cnc(CN2CCC(N3C(=O)NCCCc4ccccc4C3c3ccccc3)CC2)c1. The van der Waals surface area contributed by atoms with E-state index in [0.29, 0.717) is 6.54 Å². The van der Waals surface area contributed by atoms with Gasteiger partial charge in [-0.15, -0.1) is 0 Å². The first-order valence-corrected chi connectivity index (χ1v) is 12.1. The molecule has 2 aromatic carbocycles. The fourth-order valence-electron chi connectivity index (χ4n) is 5.35. The Bertz CT molecular complexity index is 1070. The van der Waals surface area contributed by atoms with Crippen LogP contribution < -0.4 is 5.32 Å². The van der Waals surface area contributed by atoms with Crippen LogP contribution in [0.25, 0.3) is 0 Å². The molecule has 1 aromatic heterocycles. The Morgan fingerprint density at radius 1 is 1.03 bits per heavy atom. The maximum Gasteiger partial charge on any atom is 0.318 e. The number of hydrogen-bond acceptors (Lipinski definition) is 3. The smallest absolute Gasteiger partial charge is 0.318 e. The highest BCUT2D eigenvalue weighted by molar-refractivity contribution is 5.76. The Labute approximate surface area is 196 Å². The van der Waals surface area contributed by atoms with Crippen LogP contribution in [-0.2, 0) is 20.0 Å². The number of nitrogens with zero attached hydrogens (tertiary/aromatic N) is 4. The van der Waals surface area contributed by atoms with Crippen molar-refractivity contribution >= 4 is 6.03 Å². The van der Waals surface area contributed by atoms with Gasteiger partial charge in [-0.2, -0.15) is 0 Å². The van der Waals surface area contributed by atoms with Crippen LogP contribution >= 0.6 is 0 Å². The number of carbonyl (C=O) groups is 1. The lowest BCUT2D eigenvalue weighted by atomic mass is 9.89. The summed E-state index contributed by atoms with van der Waals surface area (Å²) in [6, 6.07) is 19.4. The van der Waals surface area contributed by atoms with Crippen molar-refractivity contribution < 1.29 is 4.79 Å². The molecule has 2 aliphatic rings. The van der Waals surface area contributed by atoms with Crippen molar-refractivity contribution in [2.75, 3.05) is 19.6 Å². The first-order chi connectivity index (χ1) is 16.2. The minimum atomic E-state index is -0.0761. The predicted octanol–water partition coefficient (Wildman–Crippen LogP) is 4.13. The predicted molar refractivity (Wildman–Crippen MR) is 130 cm³/mol. The first-order valence-electron chi connectivity index (χ1n) is 12.1. The van der Waals surface area contributed by atoms with Crippen molar-refractivity contribution in [1.82, 2.24) is 24.7 Å². The largest absolute Gasteiger partial charge is 0.340 e. The van der Waals surface area contributed by atoms with Crippen LogP contribution in [0.4, 0.5) is 4.79 Å². The summed E-state index contributed by atoms with van der Waals surface area (Å²) in [6.45, 7) is 3.51. The summed E-state index contributed by atoms with van der Waals surface area (Å²) in [4.78, 5) is 22.7. The van der Waals surface area contributed by atoms with Gasteiger partial charge in [0.2, 0.25) is 0 Å². The van der Waals surface area contributed by atoms with E-state index in [1.54, 1.807) is 0 Å². The zero-order valence-corrected chi connectivity index (χ0v) is 19.4. The maximum atomic E-state index is 13.6. The van der Waals surface area contributed by atoms with Gasteiger partial charge in [0.15, 0.2) is 0 Å². The van der Waals surface area contributed by atoms with Crippen LogP contribution in [0, 0.1) is 0 Å². The number of benzene rings is 2. The number of aryl methyl sites for hydroxylation is 2. The molecule has 0 saturated carbocycles. The van der Waals surface area contributed by atoms with Gasteiger partial charge >= 0.3 is 6.03 Å². The molecular formula is C27H33N5O. The molecule has 33 heavy (non-hydrogen) atoms. The van der Waals surface area contributed by atoms with Gasteiger partial charge in [-0.05, 0) is 42.4 Å². The lowest BCUT2D eigenvalue weighted by Crippen LogP contribution is -2.52. The number of fused-ring (bicyclic) bond motifs is 1. The topological polar surface area (TPSA) is 53.4 Å². The van der Waals surface area contributed by atoms with Crippen molar-refractivity contribution in [2.45, 2.75) is 44.3 Å². The Kier molecular flexibility index (Phi) is 6.44. The van der Waals surface area contributed by atoms with Crippen molar-refractivity contribution in [2.24, 2.45) is 7.05 Å². The number of hydrogen-bond donors (Lipinski definition) is 1. The molecule has 6 heteroatoms. The highest BCUT2D eigenvalue weighted by Gasteiger charge is 2.36. The summed E-state index contributed by atoms with van der Waals surface area (Å²) < 4.78 is 2.00. The number of likely N-dealkylation sites (tertiary alicyclic amines) is 1. The van der Waals surface area contributed by atoms with Gasteiger partial charge < -0.3 is 14.8 Å². The third-order valence-electron chi connectivity index (χ3n) is 6.97. The van der Waals surface area contributed by atoms with Crippen molar-refractivity contribution in [3.63, 3.8) is 0 Å². The number of rotatable bonds is 4. The summed E-state index contributed by atoms with van der Waals surface area (Å²) >= 11 is 0. The van der Waals surface area contributed by atoms with E-state index in [4.69, 9.17) is 0 Å². The number of imidazole rings is 1. The van der Waals surface area contributed by atoms with E-state index in [9.17, 15) is 4.79 Å². The quantitative estimate of drug-likeness (QED) is 0.660. The second-order valence-electron chi connectivity index (χ2n) is 9.29. The molecular weight excluding hydrogens is 410 g/mol. The summed E-state index contributed by atoms with van der Waals surface area (Å²) in [7, 11) is 2.01. The highest BCUT2D eigenvalue weighted by Crippen LogP contribution is 2.36. The second kappa shape index (κ2) is 9.79. The van der Waals surface area contributed by atoms with Crippen LogP contribution in [0.5, 0.6) is 0 Å². The molecule has 3 aromatic rings. The van der Waals surface area contributed by atoms with Gasteiger partial charge in [0.1, 0.15) is 0 Å². The number of nitrogens with one attached hydrogen (secondary N) is 1.